The van der Waals surface area contributed by atoms with Crippen molar-refractivity contribution in [3.63, 3.8) is 0 Å². The van der Waals surface area contributed by atoms with E-state index in [1.54, 1.807) is 13.0 Å². The van der Waals surface area contributed by atoms with E-state index in [2.05, 4.69) is 4.37 Å². The maximum Gasteiger partial charge on any atom is 0.431 e. The van der Waals surface area contributed by atoms with Crippen LogP contribution in [0.2, 0.25) is 0 Å². The lowest BCUT2D eigenvalue weighted by molar-refractivity contribution is -0.151. The summed E-state index contributed by atoms with van der Waals surface area (Å²) in [5.74, 6) is -1.06. The average molecular weight is 413 g/mol. The van der Waals surface area contributed by atoms with E-state index in [-0.39, 0.29) is 5.69 Å². The Bertz CT molecular complexity index is 1190. The number of aromatic nitrogens is 3. The Balaban J connectivity index is 1.92. The van der Waals surface area contributed by atoms with Crippen molar-refractivity contribution in [2.24, 2.45) is 7.05 Å². The summed E-state index contributed by atoms with van der Waals surface area (Å²) in [6.45, 7) is 2.51. The highest BCUT2D eigenvalue weighted by Gasteiger charge is 2.38. The number of hydrogen-bond acceptors (Lipinski definition) is 6. The number of ether oxygens (including phenoxy) is 2. The SMILES string of the molecule is Cn1c(C(F)(F)F)cc(=O)n(-c2ccc3snc(C4(C)OCCO4)c3c2)c1=O. The van der Waals surface area contributed by atoms with Gasteiger partial charge in [0.1, 0.15) is 11.4 Å². The third kappa shape index (κ3) is 2.86. The lowest BCUT2D eigenvalue weighted by Gasteiger charge is -2.20. The van der Waals surface area contributed by atoms with E-state index in [1.807, 2.05) is 0 Å². The number of halogens is 3. The highest BCUT2D eigenvalue weighted by molar-refractivity contribution is 7.13. The van der Waals surface area contributed by atoms with Gasteiger partial charge in [-0.25, -0.2) is 9.36 Å². The zero-order valence-corrected chi connectivity index (χ0v) is 15.6. The molecule has 0 radical (unpaired) electrons. The molecule has 1 aliphatic heterocycles. The third-order valence-electron chi connectivity index (χ3n) is 4.59. The van der Waals surface area contributed by atoms with Crippen molar-refractivity contribution in [3.8, 4) is 5.69 Å². The molecule has 0 aliphatic carbocycles. The molecule has 1 saturated heterocycles. The summed E-state index contributed by atoms with van der Waals surface area (Å²) >= 11 is 1.19. The predicted octanol–water partition coefficient (Wildman–Crippen LogP) is 2.38. The van der Waals surface area contributed by atoms with Crippen LogP contribution in [0.1, 0.15) is 18.3 Å². The number of nitrogens with zero attached hydrogens (tertiary/aromatic N) is 3. The van der Waals surface area contributed by atoms with E-state index in [1.165, 1.54) is 23.7 Å². The van der Waals surface area contributed by atoms with Gasteiger partial charge in [-0.15, -0.1) is 0 Å². The molecule has 0 atom stereocenters. The summed E-state index contributed by atoms with van der Waals surface area (Å²) in [6.07, 6.45) is -4.81. The van der Waals surface area contributed by atoms with Gasteiger partial charge < -0.3 is 9.47 Å². The van der Waals surface area contributed by atoms with Crippen LogP contribution in [-0.2, 0) is 28.5 Å². The standard InChI is InChI=1S/C17H14F3N3O4S/c1-16(26-5-6-27-16)14-10-7-9(3-4-11(10)28-21-14)23-13(24)8-12(17(18,19)20)22(2)15(23)25/h3-4,7-8H,5-6H2,1-2H3. The Hall–Kier alpha value is -2.50. The molecule has 3 aromatic rings. The molecule has 1 aliphatic rings. The zero-order chi connectivity index (χ0) is 20.3. The molecular formula is C17H14F3N3O4S. The molecule has 7 nitrogen and oxygen atoms in total. The van der Waals surface area contributed by atoms with Gasteiger partial charge in [-0.1, -0.05) is 0 Å². The molecule has 4 rings (SSSR count). The highest BCUT2D eigenvalue weighted by atomic mass is 32.1. The van der Waals surface area contributed by atoms with Crippen LogP contribution in [0.15, 0.2) is 33.9 Å². The molecule has 0 bridgehead atoms. The van der Waals surface area contributed by atoms with Gasteiger partial charge in [0.25, 0.3) is 5.56 Å². The van der Waals surface area contributed by atoms with Gasteiger partial charge in [0.2, 0.25) is 5.79 Å². The van der Waals surface area contributed by atoms with E-state index >= 15 is 0 Å². The molecule has 11 heteroatoms. The fourth-order valence-corrected chi connectivity index (χ4v) is 4.02. The molecule has 28 heavy (non-hydrogen) atoms. The van der Waals surface area contributed by atoms with Gasteiger partial charge >= 0.3 is 11.9 Å². The third-order valence-corrected chi connectivity index (χ3v) is 5.42. The Morgan fingerprint density at radius 1 is 1.18 bits per heavy atom. The minimum Gasteiger partial charge on any atom is -0.342 e. The first-order valence-electron chi connectivity index (χ1n) is 8.20. The van der Waals surface area contributed by atoms with Crippen molar-refractivity contribution in [1.82, 2.24) is 13.5 Å². The maximum atomic E-state index is 13.0. The lowest BCUT2D eigenvalue weighted by Crippen LogP contribution is -2.40. The van der Waals surface area contributed by atoms with E-state index < -0.39 is 28.9 Å². The summed E-state index contributed by atoms with van der Waals surface area (Å²) in [6, 6.07) is 5.07. The summed E-state index contributed by atoms with van der Waals surface area (Å²) in [5, 5.41) is 0.598. The second-order valence-corrected chi connectivity index (χ2v) is 7.20. The van der Waals surface area contributed by atoms with Crippen molar-refractivity contribution in [2.45, 2.75) is 18.9 Å². The topological polar surface area (TPSA) is 75.3 Å². The Morgan fingerprint density at radius 3 is 2.50 bits per heavy atom. The summed E-state index contributed by atoms with van der Waals surface area (Å²) < 4.78 is 56.6. The van der Waals surface area contributed by atoms with Gasteiger partial charge in [-0.3, -0.25) is 9.36 Å². The molecule has 0 N–H and O–H groups in total. The molecule has 0 unspecified atom stereocenters. The highest BCUT2D eigenvalue weighted by Crippen LogP contribution is 2.37. The molecule has 0 saturated carbocycles. The van der Waals surface area contributed by atoms with E-state index in [9.17, 15) is 22.8 Å². The predicted molar refractivity (Wildman–Crippen MR) is 94.7 cm³/mol. The number of benzene rings is 1. The fourth-order valence-electron chi connectivity index (χ4n) is 3.18. The van der Waals surface area contributed by atoms with Crippen LogP contribution in [0.4, 0.5) is 13.2 Å². The van der Waals surface area contributed by atoms with Gasteiger partial charge in [-0.05, 0) is 36.7 Å². The van der Waals surface area contributed by atoms with Crippen molar-refractivity contribution in [3.05, 3.63) is 56.5 Å². The lowest BCUT2D eigenvalue weighted by atomic mass is 10.1. The molecule has 1 fully saturated rings. The van der Waals surface area contributed by atoms with E-state index in [4.69, 9.17) is 9.47 Å². The number of hydrogen-bond donors (Lipinski definition) is 0. The molecule has 0 amide bonds. The van der Waals surface area contributed by atoms with Gasteiger partial charge in [0.05, 0.1) is 23.6 Å². The van der Waals surface area contributed by atoms with Gasteiger partial charge in [0, 0.05) is 18.5 Å². The zero-order valence-electron chi connectivity index (χ0n) is 14.7. The Morgan fingerprint density at radius 2 is 1.86 bits per heavy atom. The second kappa shape index (κ2) is 6.26. The van der Waals surface area contributed by atoms with Crippen molar-refractivity contribution >= 4 is 21.6 Å². The first-order chi connectivity index (χ1) is 13.1. The summed E-state index contributed by atoms with van der Waals surface area (Å²) in [5.41, 5.74) is -2.85. The quantitative estimate of drug-likeness (QED) is 0.645. The van der Waals surface area contributed by atoms with E-state index in [0.29, 0.717) is 39.5 Å². The number of alkyl halides is 3. The minimum atomic E-state index is -4.81. The van der Waals surface area contributed by atoms with E-state index in [0.717, 1.165) is 11.7 Å². The molecule has 2 aromatic heterocycles. The van der Waals surface area contributed by atoms with Crippen LogP contribution in [0.5, 0.6) is 0 Å². The van der Waals surface area contributed by atoms with Gasteiger partial charge in [-0.2, -0.15) is 17.5 Å². The Kier molecular flexibility index (Phi) is 4.21. The van der Waals surface area contributed by atoms with Crippen LogP contribution in [0.25, 0.3) is 15.8 Å². The normalized spacial score (nSPS) is 16.8. The monoisotopic (exact) mass is 413 g/mol. The molecule has 0 spiro atoms. The van der Waals surface area contributed by atoms with Crippen LogP contribution in [0, 0.1) is 0 Å². The molecule has 3 heterocycles. The first kappa shape index (κ1) is 18.8. The van der Waals surface area contributed by atoms with Crippen LogP contribution >= 0.6 is 11.5 Å². The number of fused-ring (bicyclic) bond motifs is 1. The fraction of sp³-hybridized carbons (Fsp3) is 0.353. The average Bonchev–Trinajstić information content (AvgIpc) is 3.24. The second-order valence-electron chi connectivity index (χ2n) is 6.40. The van der Waals surface area contributed by atoms with Gasteiger partial charge in [0.15, 0.2) is 0 Å². The smallest absolute Gasteiger partial charge is 0.342 e. The Labute approximate surface area is 159 Å². The van der Waals surface area contributed by atoms with Crippen LogP contribution < -0.4 is 11.2 Å². The largest absolute Gasteiger partial charge is 0.431 e. The minimum absolute atomic E-state index is 0.134. The van der Waals surface area contributed by atoms with Crippen molar-refractivity contribution in [2.75, 3.05) is 13.2 Å². The number of rotatable bonds is 2. The summed E-state index contributed by atoms with van der Waals surface area (Å²) in [4.78, 5) is 24.8. The molecule has 148 valence electrons. The molecular weight excluding hydrogens is 399 g/mol. The summed E-state index contributed by atoms with van der Waals surface area (Å²) in [7, 11) is 0.971. The molecule has 1 aromatic carbocycles. The van der Waals surface area contributed by atoms with Crippen molar-refractivity contribution < 1.29 is 22.6 Å². The maximum absolute atomic E-state index is 13.0. The van der Waals surface area contributed by atoms with Crippen LogP contribution in [0.3, 0.4) is 0 Å². The first-order valence-corrected chi connectivity index (χ1v) is 8.98. The van der Waals surface area contributed by atoms with Crippen molar-refractivity contribution in [1.29, 1.82) is 0 Å². The van der Waals surface area contributed by atoms with Crippen LogP contribution in [-0.4, -0.2) is 26.7 Å².